The van der Waals surface area contributed by atoms with Gasteiger partial charge in [-0.1, -0.05) is 20.3 Å². The molecule has 5 unspecified atom stereocenters. The fourth-order valence-electron chi connectivity index (χ4n) is 2.50. The first kappa shape index (κ1) is 29.1. The molecule has 182 valence electrons. The molecule has 0 rings (SSSR count). The molecule has 0 aromatic rings. The van der Waals surface area contributed by atoms with E-state index in [-0.39, 0.29) is 18.6 Å². The fraction of sp³-hybridized carbons (Fsp3) is 0.667. The fourth-order valence-corrected chi connectivity index (χ4v) is 2.76. The maximum atomic E-state index is 12.6. The van der Waals surface area contributed by atoms with Gasteiger partial charge in [-0.3, -0.25) is 24.0 Å². The summed E-state index contributed by atoms with van der Waals surface area (Å²) in [4.78, 5) is 70.6. The molecule has 14 heteroatoms. The Balaban J connectivity index is 5.29. The van der Waals surface area contributed by atoms with E-state index in [0.717, 1.165) is 0 Å². The van der Waals surface area contributed by atoms with Crippen molar-refractivity contribution in [2.75, 3.05) is 5.75 Å². The van der Waals surface area contributed by atoms with Crippen LogP contribution in [0.25, 0.3) is 0 Å². The molecule has 32 heavy (non-hydrogen) atoms. The van der Waals surface area contributed by atoms with E-state index >= 15 is 0 Å². The standard InChI is InChI=1S/C18H31N5O8S/c1-3-8(2)14(18(30)31)23-16(28)10(6-12(20)24)21-17(29)11(7-32)22-15(27)9(19)4-5-13(25)26/h8-11,14,32H,3-7,19H2,1-2H3,(H2,20,24)(H,21,29)(H,22,27)(H,23,28)(H,25,26)(H,30,31). The predicted octanol–water partition coefficient (Wildman–Crippen LogP) is -2.43. The van der Waals surface area contributed by atoms with Crippen molar-refractivity contribution in [2.24, 2.45) is 17.4 Å². The highest BCUT2D eigenvalue weighted by atomic mass is 32.1. The Kier molecular flexibility index (Phi) is 13.0. The summed E-state index contributed by atoms with van der Waals surface area (Å²) in [6.45, 7) is 3.34. The van der Waals surface area contributed by atoms with E-state index in [1.165, 1.54) is 0 Å². The van der Waals surface area contributed by atoms with Crippen molar-refractivity contribution in [1.29, 1.82) is 0 Å². The quantitative estimate of drug-likeness (QED) is 0.117. The number of carboxylic acid groups (broad SMARTS) is 2. The van der Waals surface area contributed by atoms with Crippen LogP contribution in [-0.4, -0.2) is 75.7 Å². The van der Waals surface area contributed by atoms with Crippen LogP contribution in [0.4, 0.5) is 0 Å². The van der Waals surface area contributed by atoms with E-state index in [4.69, 9.17) is 16.6 Å². The van der Waals surface area contributed by atoms with E-state index in [9.17, 15) is 33.9 Å². The molecule has 0 aliphatic rings. The number of aliphatic carboxylic acids is 2. The number of primary amides is 1. The summed E-state index contributed by atoms with van der Waals surface area (Å²) >= 11 is 3.97. The van der Waals surface area contributed by atoms with Gasteiger partial charge in [0.2, 0.25) is 23.6 Å². The number of hydrogen-bond donors (Lipinski definition) is 8. The van der Waals surface area contributed by atoms with Gasteiger partial charge in [-0.2, -0.15) is 12.6 Å². The normalized spacial score (nSPS) is 15.4. The maximum absolute atomic E-state index is 12.6. The third kappa shape index (κ3) is 10.4. The molecular formula is C18H31N5O8S. The summed E-state index contributed by atoms with van der Waals surface area (Å²) in [5.74, 6) is -6.64. The van der Waals surface area contributed by atoms with Crippen molar-refractivity contribution in [1.82, 2.24) is 16.0 Å². The monoisotopic (exact) mass is 477 g/mol. The van der Waals surface area contributed by atoms with Crippen molar-refractivity contribution in [3.63, 3.8) is 0 Å². The lowest BCUT2D eigenvalue weighted by molar-refractivity contribution is -0.144. The molecule has 5 atom stereocenters. The Morgan fingerprint density at radius 1 is 0.938 bits per heavy atom. The van der Waals surface area contributed by atoms with Crippen LogP contribution < -0.4 is 27.4 Å². The number of rotatable bonds is 15. The van der Waals surface area contributed by atoms with Crippen molar-refractivity contribution < 1.29 is 39.0 Å². The highest BCUT2D eigenvalue weighted by Gasteiger charge is 2.32. The van der Waals surface area contributed by atoms with Crippen LogP contribution in [0.15, 0.2) is 0 Å². The first-order valence-electron chi connectivity index (χ1n) is 9.84. The summed E-state index contributed by atoms with van der Waals surface area (Å²) in [7, 11) is 0. The van der Waals surface area contributed by atoms with Gasteiger partial charge < -0.3 is 37.6 Å². The first-order chi connectivity index (χ1) is 14.8. The van der Waals surface area contributed by atoms with E-state index < -0.39 is 72.1 Å². The van der Waals surface area contributed by atoms with Crippen molar-refractivity contribution in [2.45, 2.75) is 63.7 Å². The summed E-state index contributed by atoms with van der Waals surface area (Å²) in [5.41, 5.74) is 10.7. The molecule has 0 heterocycles. The maximum Gasteiger partial charge on any atom is 0.326 e. The number of carbonyl (C=O) groups excluding carboxylic acids is 4. The summed E-state index contributed by atoms with van der Waals surface area (Å²) < 4.78 is 0. The second kappa shape index (κ2) is 14.2. The molecule has 0 saturated carbocycles. The molecular weight excluding hydrogens is 446 g/mol. The third-order valence-electron chi connectivity index (χ3n) is 4.64. The van der Waals surface area contributed by atoms with Gasteiger partial charge in [0.1, 0.15) is 18.1 Å². The number of thiol groups is 1. The van der Waals surface area contributed by atoms with Gasteiger partial charge in [0.15, 0.2) is 0 Å². The van der Waals surface area contributed by atoms with Crippen LogP contribution in [0.1, 0.15) is 39.5 Å². The predicted molar refractivity (Wildman–Crippen MR) is 115 cm³/mol. The molecule has 9 N–H and O–H groups in total. The molecule has 0 aliphatic carbocycles. The Labute approximate surface area is 190 Å². The van der Waals surface area contributed by atoms with E-state index in [0.29, 0.717) is 6.42 Å². The molecule has 0 spiro atoms. The number of carbonyl (C=O) groups is 6. The van der Waals surface area contributed by atoms with Crippen LogP contribution in [0.2, 0.25) is 0 Å². The van der Waals surface area contributed by atoms with Crippen LogP contribution in [0.5, 0.6) is 0 Å². The highest BCUT2D eigenvalue weighted by Crippen LogP contribution is 2.09. The van der Waals surface area contributed by atoms with Gasteiger partial charge in [0.25, 0.3) is 0 Å². The van der Waals surface area contributed by atoms with Crippen LogP contribution in [0, 0.1) is 5.92 Å². The lowest BCUT2D eigenvalue weighted by Gasteiger charge is -2.25. The number of hydrogen-bond acceptors (Lipinski definition) is 8. The molecule has 0 bridgehead atoms. The molecule has 0 radical (unpaired) electrons. The van der Waals surface area contributed by atoms with Crippen LogP contribution in [0.3, 0.4) is 0 Å². The first-order valence-corrected chi connectivity index (χ1v) is 10.5. The Bertz CT molecular complexity index is 719. The zero-order valence-corrected chi connectivity index (χ0v) is 18.8. The average Bonchev–Trinajstić information content (AvgIpc) is 2.71. The number of nitrogens with one attached hydrogen (secondary N) is 3. The van der Waals surface area contributed by atoms with Crippen LogP contribution in [-0.2, 0) is 28.8 Å². The Hall–Kier alpha value is -2.87. The lowest BCUT2D eigenvalue weighted by Crippen LogP contribution is -2.58. The smallest absolute Gasteiger partial charge is 0.326 e. The van der Waals surface area contributed by atoms with E-state index in [2.05, 4.69) is 28.6 Å². The number of amides is 4. The van der Waals surface area contributed by atoms with Crippen molar-refractivity contribution in [3.8, 4) is 0 Å². The van der Waals surface area contributed by atoms with Gasteiger partial charge in [0, 0.05) is 12.2 Å². The van der Waals surface area contributed by atoms with Gasteiger partial charge in [0.05, 0.1) is 12.5 Å². The largest absolute Gasteiger partial charge is 0.481 e. The molecule has 13 nitrogen and oxygen atoms in total. The van der Waals surface area contributed by atoms with Gasteiger partial charge >= 0.3 is 11.9 Å². The summed E-state index contributed by atoms with van der Waals surface area (Å²) in [6, 6.07) is -5.22. The van der Waals surface area contributed by atoms with Gasteiger partial charge in [-0.15, -0.1) is 0 Å². The molecule has 4 amide bonds. The second-order valence-corrected chi connectivity index (χ2v) is 7.59. The zero-order valence-electron chi connectivity index (χ0n) is 17.9. The zero-order chi connectivity index (χ0) is 25.0. The van der Waals surface area contributed by atoms with Gasteiger partial charge in [-0.25, -0.2) is 4.79 Å². The van der Waals surface area contributed by atoms with Gasteiger partial charge in [-0.05, 0) is 12.3 Å². The molecule has 0 aromatic carbocycles. The average molecular weight is 478 g/mol. The minimum absolute atomic E-state index is 0.166. The second-order valence-electron chi connectivity index (χ2n) is 7.22. The Morgan fingerprint density at radius 2 is 1.47 bits per heavy atom. The van der Waals surface area contributed by atoms with E-state index in [1.54, 1.807) is 13.8 Å². The SMILES string of the molecule is CCC(C)C(NC(=O)C(CC(N)=O)NC(=O)C(CS)NC(=O)C(N)CCC(=O)O)C(=O)O. The summed E-state index contributed by atoms with van der Waals surface area (Å²) in [5, 5.41) is 24.8. The molecule has 0 aliphatic heterocycles. The lowest BCUT2D eigenvalue weighted by atomic mass is 9.98. The number of carboxylic acids is 2. The third-order valence-corrected chi connectivity index (χ3v) is 5.00. The Morgan fingerprint density at radius 3 is 1.91 bits per heavy atom. The van der Waals surface area contributed by atoms with E-state index in [1.807, 2.05) is 0 Å². The molecule has 0 aromatic heterocycles. The minimum atomic E-state index is -1.49. The summed E-state index contributed by atoms with van der Waals surface area (Å²) in [6.07, 6.45) is -0.690. The topological polar surface area (TPSA) is 231 Å². The van der Waals surface area contributed by atoms with Crippen molar-refractivity contribution >= 4 is 48.2 Å². The molecule has 0 saturated heterocycles. The highest BCUT2D eigenvalue weighted by molar-refractivity contribution is 7.80. The number of nitrogens with two attached hydrogens (primary N) is 2. The van der Waals surface area contributed by atoms with Crippen LogP contribution >= 0.6 is 12.6 Å². The van der Waals surface area contributed by atoms with Crippen molar-refractivity contribution in [3.05, 3.63) is 0 Å². The minimum Gasteiger partial charge on any atom is -0.481 e. The molecule has 0 fully saturated rings.